The highest BCUT2D eigenvalue weighted by atomic mass is 35.5. The van der Waals surface area contributed by atoms with E-state index >= 15 is 0 Å². The standard InChI is InChI=1S/C24H29Cl2N5O/c1-16-4-3-5-18(12-16)15-29-23-24(6-8-27-9-7-24)30-21-13-19(25)20(26)14-22(21)31(23)11-10-28-17(2)32/h3-5,12-14,27,30H,6-11,15H2,1-2H3,(H,28,32). The van der Waals surface area contributed by atoms with Gasteiger partial charge in [-0.2, -0.15) is 0 Å². The number of rotatable bonds is 5. The number of aryl methyl sites for hydroxylation is 1. The topological polar surface area (TPSA) is 68.8 Å². The summed E-state index contributed by atoms with van der Waals surface area (Å²) >= 11 is 12.8. The number of hydrogen-bond acceptors (Lipinski definition) is 4. The molecule has 1 saturated heterocycles. The van der Waals surface area contributed by atoms with Crippen LogP contribution in [0.25, 0.3) is 0 Å². The van der Waals surface area contributed by atoms with Crippen molar-refractivity contribution in [3.63, 3.8) is 0 Å². The van der Waals surface area contributed by atoms with Crippen LogP contribution < -0.4 is 20.9 Å². The Bertz CT molecular complexity index is 1030. The van der Waals surface area contributed by atoms with Gasteiger partial charge in [-0.15, -0.1) is 0 Å². The Kier molecular flexibility index (Phi) is 6.93. The number of anilines is 2. The van der Waals surface area contributed by atoms with Crippen molar-refractivity contribution in [3.8, 4) is 0 Å². The van der Waals surface area contributed by atoms with Gasteiger partial charge in [-0.05, 0) is 50.6 Å². The zero-order chi connectivity index (χ0) is 22.7. The summed E-state index contributed by atoms with van der Waals surface area (Å²) in [6, 6.07) is 12.2. The van der Waals surface area contributed by atoms with E-state index in [2.05, 4.69) is 52.0 Å². The van der Waals surface area contributed by atoms with E-state index in [0.29, 0.717) is 29.7 Å². The molecule has 0 atom stereocenters. The number of aliphatic imine (C=N–C) groups is 1. The summed E-state index contributed by atoms with van der Waals surface area (Å²) < 4.78 is 0. The first kappa shape index (κ1) is 22.9. The molecule has 2 heterocycles. The number of nitrogens with zero attached hydrogens (tertiary/aromatic N) is 2. The van der Waals surface area contributed by atoms with Gasteiger partial charge in [-0.1, -0.05) is 53.0 Å². The lowest BCUT2D eigenvalue weighted by Crippen LogP contribution is -2.62. The van der Waals surface area contributed by atoms with E-state index in [1.165, 1.54) is 18.1 Å². The van der Waals surface area contributed by atoms with Crippen molar-refractivity contribution < 1.29 is 4.79 Å². The number of carbonyl (C=O) groups excluding carboxylic acids is 1. The molecule has 6 nitrogen and oxygen atoms in total. The Morgan fingerprint density at radius 1 is 1.19 bits per heavy atom. The summed E-state index contributed by atoms with van der Waals surface area (Å²) in [5.74, 6) is 0.932. The molecule has 0 saturated carbocycles. The number of piperidine rings is 1. The molecular formula is C24H29Cl2N5O. The third-order valence-electron chi connectivity index (χ3n) is 6.05. The Labute approximate surface area is 199 Å². The van der Waals surface area contributed by atoms with Crippen molar-refractivity contribution in [2.24, 2.45) is 4.99 Å². The predicted molar refractivity (Wildman–Crippen MR) is 133 cm³/mol. The van der Waals surface area contributed by atoms with Crippen LogP contribution in [-0.2, 0) is 11.3 Å². The number of benzene rings is 2. The second-order valence-corrected chi connectivity index (χ2v) is 9.32. The average molecular weight is 474 g/mol. The molecule has 0 aromatic heterocycles. The molecule has 1 amide bonds. The smallest absolute Gasteiger partial charge is 0.216 e. The largest absolute Gasteiger partial charge is 0.371 e. The molecule has 0 radical (unpaired) electrons. The zero-order valence-corrected chi connectivity index (χ0v) is 20.0. The first-order chi connectivity index (χ1) is 15.4. The maximum absolute atomic E-state index is 11.5. The van der Waals surface area contributed by atoms with E-state index in [-0.39, 0.29) is 11.4 Å². The maximum atomic E-state index is 11.5. The summed E-state index contributed by atoms with van der Waals surface area (Å²) in [5, 5.41) is 11.2. The molecule has 3 N–H and O–H groups in total. The second-order valence-electron chi connectivity index (χ2n) is 8.50. The number of carbonyl (C=O) groups is 1. The SMILES string of the molecule is CC(=O)NCCN1C(=NCc2cccc(C)c2)C2(CCNCC2)Nc2cc(Cl)c(Cl)cc21. The van der Waals surface area contributed by atoms with Crippen LogP contribution >= 0.6 is 23.2 Å². The predicted octanol–water partition coefficient (Wildman–Crippen LogP) is 4.39. The molecule has 0 aliphatic carbocycles. The maximum Gasteiger partial charge on any atom is 0.216 e. The zero-order valence-electron chi connectivity index (χ0n) is 18.5. The minimum atomic E-state index is -0.310. The van der Waals surface area contributed by atoms with Crippen LogP contribution in [0.15, 0.2) is 41.4 Å². The first-order valence-electron chi connectivity index (χ1n) is 11.0. The van der Waals surface area contributed by atoms with Gasteiger partial charge in [0.2, 0.25) is 5.91 Å². The quantitative estimate of drug-likeness (QED) is 0.602. The molecule has 32 heavy (non-hydrogen) atoms. The van der Waals surface area contributed by atoms with Crippen LogP contribution in [0.4, 0.5) is 11.4 Å². The van der Waals surface area contributed by atoms with Gasteiger partial charge in [-0.3, -0.25) is 9.79 Å². The van der Waals surface area contributed by atoms with Crippen LogP contribution in [0.3, 0.4) is 0 Å². The normalized spacial score (nSPS) is 18.4. The van der Waals surface area contributed by atoms with E-state index in [9.17, 15) is 4.79 Å². The molecule has 1 fully saturated rings. The Morgan fingerprint density at radius 3 is 2.66 bits per heavy atom. The van der Waals surface area contributed by atoms with Crippen molar-refractivity contribution in [2.45, 2.75) is 38.8 Å². The highest BCUT2D eigenvalue weighted by molar-refractivity contribution is 6.42. The van der Waals surface area contributed by atoms with Crippen LogP contribution in [0, 0.1) is 6.92 Å². The monoisotopic (exact) mass is 473 g/mol. The van der Waals surface area contributed by atoms with Crippen molar-refractivity contribution >= 4 is 46.3 Å². The van der Waals surface area contributed by atoms with Gasteiger partial charge in [-0.25, -0.2) is 0 Å². The lowest BCUT2D eigenvalue weighted by Gasteiger charge is -2.49. The molecule has 2 aromatic rings. The molecule has 0 unspecified atom stereocenters. The van der Waals surface area contributed by atoms with Crippen LogP contribution in [-0.4, -0.2) is 43.5 Å². The fourth-order valence-corrected chi connectivity index (χ4v) is 4.85. The highest BCUT2D eigenvalue weighted by Gasteiger charge is 2.44. The summed E-state index contributed by atoms with van der Waals surface area (Å²) in [7, 11) is 0. The van der Waals surface area contributed by atoms with E-state index < -0.39 is 0 Å². The molecule has 1 spiro atoms. The Hall–Kier alpha value is -2.28. The molecule has 2 aliphatic heterocycles. The summed E-state index contributed by atoms with van der Waals surface area (Å²) in [5.41, 5.74) is 3.95. The van der Waals surface area contributed by atoms with Crippen LogP contribution in [0.1, 0.15) is 30.9 Å². The second kappa shape index (κ2) is 9.69. The van der Waals surface area contributed by atoms with Gasteiger partial charge in [0.05, 0.1) is 33.5 Å². The third kappa shape index (κ3) is 4.87. The number of fused-ring (bicyclic) bond motifs is 1. The minimum Gasteiger partial charge on any atom is -0.371 e. The van der Waals surface area contributed by atoms with Crippen molar-refractivity contribution in [1.82, 2.24) is 10.6 Å². The molecule has 8 heteroatoms. The molecule has 170 valence electrons. The highest BCUT2D eigenvalue weighted by Crippen LogP contribution is 2.43. The third-order valence-corrected chi connectivity index (χ3v) is 6.77. The van der Waals surface area contributed by atoms with Gasteiger partial charge < -0.3 is 20.9 Å². The lowest BCUT2D eigenvalue weighted by atomic mass is 9.83. The van der Waals surface area contributed by atoms with E-state index in [0.717, 1.165) is 43.1 Å². The lowest BCUT2D eigenvalue weighted by molar-refractivity contribution is -0.118. The van der Waals surface area contributed by atoms with Crippen LogP contribution in [0.5, 0.6) is 0 Å². The Morgan fingerprint density at radius 2 is 1.94 bits per heavy atom. The van der Waals surface area contributed by atoms with Gasteiger partial charge in [0.25, 0.3) is 0 Å². The number of halogens is 2. The van der Waals surface area contributed by atoms with Gasteiger partial charge >= 0.3 is 0 Å². The van der Waals surface area contributed by atoms with Crippen molar-refractivity contribution in [2.75, 3.05) is 36.4 Å². The number of amidine groups is 1. The number of amides is 1. The molecule has 2 aliphatic rings. The molecular weight excluding hydrogens is 445 g/mol. The number of hydrogen-bond donors (Lipinski definition) is 3. The minimum absolute atomic E-state index is 0.0516. The summed E-state index contributed by atoms with van der Waals surface area (Å²) in [4.78, 5) is 18.9. The Balaban J connectivity index is 1.78. The molecule has 4 rings (SSSR count). The van der Waals surface area contributed by atoms with Crippen molar-refractivity contribution in [3.05, 3.63) is 57.6 Å². The molecule has 0 bridgehead atoms. The molecule has 2 aromatic carbocycles. The average Bonchev–Trinajstić information content (AvgIpc) is 2.75. The summed E-state index contributed by atoms with van der Waals surface area (Å²) in [6.07, 6.45) is 1.80. The fraction of sp³-hybridized carbons (Fsp3) is 0.417. The van der Waals surface area contributed by atoms with Gasteiger partial charge in [0.1, 0.15) is 5.84 Å². The first-order valence-corrected chi connectivity index (χ1v) is 11.7. The van der Waals surface area contributed by atoms with E-state index in [1.54, 1.807) is 0 Å². The fourth-order valence-electron chi connectivity index (χ4n) is 4.53. The van der Waals surface area contributed by atoms with Crippen LogP contribution in [0.2, 0.25) is 10.0 Å². The van der Waals surface area contributed by atoms with Gasteiger partial charge in [0.15, 0.2) is 0 Å². The van der Waals surface area contributed by atoms with Crippen molar-refractivity contribution in [1.29, 1.82) is 0 Å². The van der Waals surface area contributed by atoms with E-state index in [4.69, 9.17) is 28.2 Å². The van der Waals surface area contributed by atoms with E-state index in [1.807, 2.05) is 12.1 Å². The van der Waals surface area contributed by atoms with Gasteiger partial charge in [0, 0.05) is 20.0 Å². The number of nitrogens with one attached hydrogen (secondary N) is 3. The summed E-state index contributed by atoms with van der Waals surface area (Å²) in [6.45, 7) is 7.10.